The lowest BCUT2D eigenvalue weighted by Crippen LogP contribution is -2.42. The molecular formula is C23H18Cl2F4N2O. The molecule has 0 saturated heterocycles. The van der Waals surface area contributed by atoms with Gasteiger partial charge in [-0.3, -0.25) is 4.79 Å². The number of halogens is 6. The van der Waals surface area contributed by atoms with Crippen molar-refractivity contribution in [3.63, 3.8) is 0 Å². The molecule has 1 aromatic heterocycles. The molecule has 0 atom stereocenters. The van der Waals surface area contributed by atoms with Gasteiger partial charge >= 0.3 is 6.18 Å². The molecule has 0 unspecified atom stereocenters. The second kappa shape index (κ2) is 8.71. The van der Waals surface area contributed by atoms with Crippen LogP contribution in [0.15, 0.2) is 54.7 Å². The number of hydrogen-bond donors (Lipinski definition) is 0. The van der Waals surface area contributed by atoms with E-state index in [4.69, 9.17) is 23.2 Å². The predicted octanol–water partition coefficient (Wildman–Crippen LogP) is 7.15. The van der Waals surface area contributed by atoms with Crippen LogP contribution in [0.2, 0.25) is 10.2 Å². The minimum Gasteiger partial charge on any atom is -0.313 e. The van der Waals surface area contributed by atoms with Gasteiger partial charge in [0.05, 0.1) is 22.9 Å². The molecule has 0 aliphatic carbocycles. The molecule has 0 fully saturated rings. The molecule has 168 valence electrons. The Kier molecular flexibility index (Phi) is 6.54. The molecule has 0 radical (unpaired) electrons. The van der Waals surface area contributed by atoms with Crippen molar-refractivity contribution in [1.29, 1.82) is 0 Å². The van der Waals surface area contributed by atoms with Crippen molar-refractivity contribution in [2.24, 2.45) is 0 Å². The first-order chi connectivity index (χ1) is 14.8. The quantitative estimate of drug-likeness (QED) is 0.290. The molecule has 0 bridgehead atoms. The van der Waals surface area contributed by atoms with Crippen LogP contribution in [0.4, 0.5) is 23.2 Å². The van der Waals surface area contributed by atoms with Gasteiger partial charge in [-0.15, -0.1) is 0 Å². The molecule has 3 nitrogen and oxygen atoms in total. The second-order valence-corrected chi connectivity index (χ2v) is 8.51. The summed E-state index contributed by atoms with van der Waals surface area (Å²) in [5.74, 6) is -1.66. The Morgan fingerprint density at radius 3 is 2.22 bits per heavy atom. The van der Waals surface area contributed by atoms with Crippen LogP contribution in [0, 0.1) is 5.82 Å². The lowest BCUT2D eigenvalue weighted by atomic mass is 9.82. The average Bonchev–Trinajstić information content (AvgIpc) is 2.72. The van der Waals surface area contributed by atoms with Gasteiger partial charge in [-0.25, -0.2) is 9.37 Å². The van der Waals surface area contributed by atoms with E-state index in [2.05, 4.69) is 4.98 Å². The van der Waals surface area contributed by atoms with Gasteiger partial charge < -0.3 is 4.90 Å². The molecular weight excluding hydrogens is 467 g/mol. The fourth-order valence-electron chi connectivity index (χ4n) is 3.35. The molecule has 1 heterocycles. The van der Waals surface area contributed by atoms with Gasteiger partial charge in [0, 0.05) is 23.2 Å². The van der Waals surface area contributed by atoms with Gasteiger partial charge in [-0.05, 0) is 49.7 Å². The molecule has 3 aromatic rings. The zero-order valence-electron chi connectivity index (χ0n) is 17.3. The van der Waals surface area contributed by atoms with Gasteiger partial charge in [-0.1, -0.05) is 41.4 Å². The van der Waals surface area contributed by atoms with Crippen molar-refractivity contribution in [2.45, 2.75) is 25.4 Å². The van der Waals surface area contributed by atoms with Crippen molar-refractivity contribution >= 4 is 34.8 Å². The Labute approximate surface area is 192 Å². The molecule has 3 rings (SSSR count). The second-order valence-electron chi connectivity index (χ2n) is 7.72. The lowest BCUT2D eigenvalue weighted by molar-refractivity contribution is -0.138. The van der Waals surface area contributed by atoms with Crippen LogP contribution in [0.5, 0.6) is 0 Å². The van der Waals surface area contributed by atoms with Crippen molar-refractivity contribution in [1.82, 2.24) is 4.98 Å². The van der Waals surface area contributed by atoms with Crippen LogP contribution in [0.1, 0.15) is 25.0 Å². The van der Waals surface area contributed by atoms with E-state index in [0.29, 0.717) is 27.9 Å². The van der Waals surface area contributed by atoms with Gasteiger partial charge in [0.1, 0.15) is 11.0 Å². The highest BCUT2D eigenvalue weighted by molar-refractivity contribution is 6.34. The third-order valence-electron chi connectivity index (χ3n) is 5.16. The van der Waals surface area contributed by atoms with Crippen molar-refractivity contribution in [3.05, 3.63) is 81.8 Å². The van der Waals surface area contributed by atoms with E-state index in [1.807, 2.05) is 0 Å². The first-order valence-electron chi connectivity index (χ1n) is 9.39. The van der Waals surface area contributed by atoms with Crippen molar-refractivity contribution in [3.8, 4) is 11.1 Å². The maximum atomic E-state index is 14.0. The van der Waals surface area contributed by atoms with E-state index in [-0.39, 0.29) is 10.7 Å². The van der Waals surface area contributed by atoms with Crippen molar-refractivity contribution < 1.29 is 22.4 Å². The van der Waals surface area contributed by atoms with E-state index in [9.17, 15) is 22.4 Å². The van der Waals surface area contributed by atoms with E-state index in [0.717, 1.165) is 12.1 Å². The maximum Gasteiger partial charge on any atom is 0.416 e. The van der Waals surface area contributed by atoms with Gasteiger partial charge in [0.2, 0.25) is 5.91 Å². The molecule has 0 aliphatic rings. The van der Waals surface area contributed by atoms with Gasteiger partial charge in [0.15, 0.2) is 0 Å². The SMILES string of the molecule is CN(C(=O)C(C)(C)c1cc(F)cc(C(F)(F)F)c1)c1cnc(Cl)cc1-c1ccccc1Cl. The number of aromatic nitrogens is 1. The summed E-state index contributed by atoms with van der Waals surface area (Å²) in [6, 6.07) is 10.6. The lowest BCUT2D eigenvalue weighted by Gasteiger charge is -2.31. The molecule has 2 aromatic carbocycles. The fraction of sp³-hybridized carbons (Fsp3) is 0.217. The van der Waals surface area contributed by atoms with Crippen LogP contribution < -0.4 is 4.90 Å². The Balaban J connectivity index is 2.08. The zero-order chi connectivity index (χ0) is 23.8. The normalized spacial score (nSPS) is 12.0. The third kappa shape index (κ3) is 4.74. The van der Waals surface area contributed by atoms with Crippen LogP contribution in [-0.4, -0.2) is 17.9 Å². The zero-order valence-corrected chi connectivity index (χ0v) is 18.8. The Morgan fingerprint density at radius 2 is 1.59 bits per heavy atom. The number of amides is 1. The summed E-state index contributed by atoms with van der Waals surface area (Å²) in [5.41, 5.74) is -1.32. The first-order valence-corrected chi connectivity index (χ1v) is 10.1. The number of anilines is 1. The largest absolute Gasteiger partial charge is 0.416 e. The predicted molar refractivity (Wildman–Crippen MR) is 118 cm³/mol. The summed E-state index contributed by atoms with van der Waals surface area (Å²) in [6.45, 7) is 2.86. The number of carbonyl (C=O) groups excluding carboxylic acids is 1. The average molecular weight is 485 g/mol. The van der Waals surface area contributed by atoms with Crippen LogP contribution in [0.3, 0.4) is 0 Å². The minimum atomic E-state index is -4.75. The van der Waals surface area contributed by atoms with E-state index in [1.165, 1.54) is 32.0 Å². The molecule has 32 heavy (non-hydrogen) atoms. The Morgan fingerprint density at radius 1 is 0.969 bits per heavy atom. The van der Waals surface area contributed by atoms with E-state index in [1.54, 1.807) is 30.3 Å². The van der Waals surface area contributed by atoms with Crippen LogP contribution in [-0.2, 0) is 16.4 Å². The van der Waals surface area contributed by atoms with Gasteiger partial charge in [-0.2, -0.15) is 13.2 Å². The van der Waals surface area contributed by atoms with Crippen LogP contribution >= 0.6 is 23.2 Å². The smallest absolute Gasteiger partial charge is 0.313 e. The molecule has 0 aliphatic heterocycles. The van der Waals surface area contributed by atoms with Crippen molar-refractivity contribution in [2.75, 3.05) is 11.9 Å². The molecule has 0 spiro atoms. The monoisotopic (exact) mass is 484 g/mol. The summed E-state index contributed by atoms with van der Waals surface area (Å²) in [6.07, 6.45) is -3.37. The number of likely N-dealkylation sites (N-methyl/N-ethyl adjacent to an activating group) is 1. The third-order valence-corrected chi connectivity index (χ3v) is 5.70. The van der Waals surface area contributed by atoms with Crippen LogP contribution in [0.25, 0.3) is 11.1 Å². The highest BCUT2D eigenvalue weighted by atomic mass is 35.5. The number of nitrogens with zero attached hydrogens (tertiary/aromatic N) is 2. The highest BCUT2D eigenvalue weighted by Crippen LogP contribution is 2.39. The van der Waals surface area contributed by atoms with E-state index >= 15 is 0 Å². The molecule has 1 amide bonds. The standard InChI is InChI=1S/C23H18Cl2F4N2O/c1-22(2,13-8-14(23(27,28)29)10-15(26)9-13)21(32)31(3)19-12-30-20(25)11-17(19)16-6-4-5-7-18(16)24/h4-12H,1-3H3. The van der Waals surface area contributed by atoms with Gasteiger partial charge in [0.25, 0.3) is 0 Å². The fourth-order valence-corrected chi connectivity index (χ4v) is 3.75. The first kappa shape index (κ1) is 24.0. The summed E-state index contributed by atoms with van der Waals surface area (Å²) in [5, 5.41) is 0.583. The number of benzene rings is 2. The summed E-state index contributed by atoms with van der Waals surface area (Å²) < 4.78 is 53.5. The molecule has 0 N–H and O–H groups in total. The Hall–Kier alpha value is -2.64. The molecule has 0 saturated carbocycles. The Bertz CT molecular complexity index is 1180. The maximum absolute atomic E-state index is 14.0. The molecule has 9 heteroatoms. The number of pyridine rings is 1. The summed E-state index contributed by atoms with van der Waals surface area (Å²) in [7, 11) is 1.46. The summed E-state index contributed by atoms with van der Waals surface area (Å²) >= 11 is 12.4. The summed E-state index contributed by atoms with van der Waals surface area (Å²) in [4.78, 5) is 18.7. The number of hydrogen-bond acceptors (Lipinski definition) is 2. The highest BCUT2D eigenvalue weighted by Gasteiger charge is 2.38. The number of rotatable bonds is 4. The topological polar surface area (TPSA) is 33.2 Å². The number of carbonyl (C=O) groups is 1. The minimum absolute atomic E-state index is 0.108. The van der Waals surface area contributed by atoms with E-state index < -0.39 is 28.9 Å². The number of alkyl halides is 3.